The maximum Gasteiger partial charge on any atom is 0.231 e. The first kappa shape index (κ1) is 27.7. The molecule has 0 aromatic carbocycles. The Morgan fingerprint density at radius 2 is 1.54 bits per heavy atom. The molecule has 0 spiro atoms. The van der Waals surface area contributed by atoms with E-state index in [4.69, 9.17) is 14.6 Å². The summed E-state index contributed by atoms with van der Waals surface area (Å²) < 4.78 is 10.2. The summed E-state index contributed by atoms with van der Waals surface area (Å²) in [5.41, 5.74) is 0.848. The quantitative estimate of drug-likeness (QED) is 0.460. The van der Waals surface area contributed by atoms with Gasteiger partial charge in [-0.2, -0.15) is 0 Å². The Labute approximate surface area is 146 Å². The molecule has 1 fully saturated rings. The minimum Gasteiger partial charge on any atom is -0.462 e. The maximum absolute atomic E-state index is 9.52. The summed E-state index contributed by atoms with van der Waals surface area (Å²) in [6.07, 6.45) is -0.0772. The van der Waals surface area contributed by atoms with Crippen molar-refractivity contribution >= 4 is 0 Å². The number of aliphatic hydroxyl groups excluding tert-OH is 4. The van der Waals surface area contributed by atoms with Crippen LogP contribution in [0.2, 0.25) is 0 Å². The average molecular weight is 348 g/mol. The smallest absolute Gasteiger partial charge is 0.231 e. The van der Waals surface area contributed by atoms with Gasteiger partial charge in [-0.1, -0.05) is 45.9 Å². The van der Waals surface area contributed by atoms with E-state index in [2.05, 4.69) is 6.58 Å². The van der Waals surface area contributed by atoms with Crippen molar-refractivity contribution in [1.29, 1.82) is 0 Å². The molecule has 6 heteroatoms. The number of rotatable bonds is 4. The molecule has 1 aliphatic heterocycles. The molecular formula is C18H36O6. The van der Waals surface area contributed by atoms with Crippen molar-refractivity contribution < 1.29 is 29.9 Å². The Kier molecular flexibility index (Phi) is 20.9. The Balaban J connectivity index is -0.000000549. The van der Waals surface area contributed by atoms with Gasteiger partial charge in [-0.3, -0.25) is 0 Å². The second-order valence-corrected chi connectivity index (χ2v) is 4.18. The minimum atomic E-state index is -1.43. The molecule has 0 amide bonds. The van der Waals surface area contributed by atoms with Gasteiger partial charge in [-0.25, -0.2) is 0 Å². The van der Waals surface area contributed by atoms with Gasteiger partial charge in [0.2, 0.25) is 6.29 Å². The van der Waals surface area contributed by atoms with Gasteiger partial charge in [0, 0.05) is 6.61 Å². The molecule has 0 radical (unpaired) electrons. The zero-order valence-corrected chi connectivity index (χ0v) is 16.1. The van der Waals surface area contributed by atoms with Crippen molar-refractivity contribution in [2.24, 2.45) is 0 Å². The predicted octanol–water partition coefficient (Wildman–Crippen LogP) is 2.49. The van der Waals surface area contributed by atoms with Gasteiger partial charge in [0.25, 0.3) is 0 Å². The summed E-state index contributed by atoms with van der Waals surface area (Å²) in [6.45, 7) is 17.2. The van der Waals surface area contributed by atoms with Crippen LogP contribution in [0, 0.1) is 0 Å². The molecular weight excluding hydrogens is 312 g/mol. The van der Waals surface area contributed by atoms with Crippen LogP contribution in [0.4, 0.5) is 0 Å². The van der Waals surface area contributed by atoms with Crippen molar-refractivity contribution in [3.05, 3.63) is 36.1 Å². The zero-order valence-electron chi connectivity index (χ0n) is 16.1. The molecule has 4 N–H and O–H groups in total. The molecule has 24 heavy (non-hydrogen) atoms. The molecule has 4 unspecified atom stereocenters. The Morgan fingerprint density at radius 3 is 1.83 bits per heavy atom. The first-order valence-corrected chi connectivity index (χ1v) is 8.34. The van der Waals surface area contributed by atoms with Crippen LogP contribution < -0.4 is 0 Å². The van der Waals surface area contributed by atoms with E-state index >= 15 is 0 Å². The molecule has 4 atom stereocenters. The van der Waals surface area contributed by atoms with E-state index in [1.807, 2.05) is 34.6 Å². The van der Waals surface area contributed by atoms with Crippen LogP contribution in [0.15, 0.2) is 36.1 Å². The monoisotopic (exact) mass is 348 g/mol. The second kappa shape index (κ2) is 18.2. The number of hydrogen-bond acceptors (Lipinski definition) is 6. The first-order chi connectivity index (χ1) is 11.4. The third-order valence-corrected chi connectivity index (χ3v) is 2.26. The molecule has 1 heterocycles. The highest BCUT2D eigenvalue weighted by atomic mass is 16.8. The largest absolute Gasteiger partial charge is 0.462 e. The number of ether oxygens (including phenoxy) is 2. The van der Waals surface area contributed by atoms with Crippen LogP contribution in [0.3, 0.4) is 0 Å². The van der Waals surface area contributed by atoms with Gasteiger partial charge in [-0.05, 0) is 32.9 Å². The van der Waals surface area contributed by atoms with Crippen LogP contribution in [0.5, 0.6) is 0 Å². The highest BCUT2D eigenvalue weighted by Gasteiger charge is 2.43. The predicted molar refractivity (Wildman–Crippen MR) is 97.1 cm³/mol. The zero-order chi connectivity index (χ0) is 19.7. The van der Waals surface area contributed by atoms with E-state index in [0.717, 1.165) is 5.57 Å². The van der Waals surface area contributed by atoms with Crippen LogP contribution in [0.25, 0.3) is 0 Å². The third-order valence-electron chi connectivity index (χ3n) is 2.26. The normalized spacial score (nSPS) is 25.5. The highest BCUT2D eigenvalue weighted by Crippen LogP contribution is 2.23. The molecule has 0 aromatic rings. The van der Waals surface area contributed by atoms with E-state index in [-0.39, 0.29) is 6.61 Å². The van der Waals surface area contributed by atoms with E-state index < -0.39 is 24.8 Å². The highest BCUT2D eigenvalue weighted by molar-refractivity contribution is 5.21. The van der Waals surface area contributed by atoms with Gasteiger partial charge in [0.1, 0.15) is 18.0 Å². The van der Waals surface area contributed by atoms with Crippen LogP contribution in [-0.2, 0) is 9.47 Å². The summed E-state index contributed by atoms with van der Waals surface area (Å²) in [7, 11) is 0. The molecule has 0 aliphatic carbocycles. The van der Waals surface area contributed by atoms with Crippen molar-refractivity contribution in [1.82, 2.24) is 0 Å². The number of hydrogen-bond donors (Lipinski definition) is 4. The SMILES string of the molecule is C=C(C)/C=C\C(=C/C)OC1OC(O)C(O)C1O.CC.CC.CCO. The van der Waals surface area contributed by atoms with Gasteiger partial charge in [-0.15, -0.1) is 0 Å². The lowest BCUT2D eigenvalue weighted by Gasteiger charge is -2.16. The van der Waals surface area contributed by atoms with Crippen LogP contribution in [0.1, 0.15) is 48.5 Å². The number of allylic oxidation sites excluding steroid dienone is 4. The lowest BCUT2D eigenvalue weighted by Crippen LogP contribution is -2.33. The maximum atomic E-state index is 9.52. The van der Waals surface area contributed by atoms with Crippen LogP contribution >= 0.6 is 0 Å². The van der Waals surface area contributed by atoms with E-state index in [0.29, 0.717) is 5.76 Å². The van der Waals surface area contributed by atoms with E-state index in [1.165, 1.54) is 0 Å². The Morgan fingerprint density at radius 1 is 1.08 bits per heavy atom. The molecule has 0 aromatic heterocycles. The molecule has 0 bridgehead atoms. The van der Waals surface area contributed by atoms with Crippen molar-refractivity contribution in [2.45, 2.75) is 73.3 Å². The molecule has 0 saturated carbocycles. The molecule has 6 nitrogen and oxygen atoms in total. The first-order valence-electron chi connectivity index (χ1n) is 8.34. The minimum absolute atomic E-state index is 0.250. The fourth-order valence-electron chi connectivity index (χ4n) is 1.29. The summed E-state index contributed by atoms with van der Waals surface area (Å²) >= 11 is 0. The summed E-state index contributed by atoms with van der Waals surface area (Å²) in [5, 5.41) is 35.6. The molecule has 1 saturated heterocycles. The lowest BCUT2D eigenvalue weighted by molar-refractivity contribution is -0.188. The average Bonchev–Trinajstić information content (AvgIpc) is 2.82. The van der Waals surface area contributed by atoms with Crippen molar-refractivity contribution in [3.8, 4) is 0 Å². The molecule has 1 aliphatic rings. The van der Waals surface area contributed by atoms with Crippen LogP contribution in [-0.4, -0.2) is 51.8 Å². The van der Waals surface area contributed by atoms with Crippen molar-refractivity contribution in [3.63, 3.8) is 0 Å². The van der Waals surface area contributed by atoms with Gasteiger partial charge in [0.05, 0.1) is 0 Å². The fraction of sp³-hybridized carbons (Fsp3) is 0.667. The van der Waals surface area contributed by atoms with E-state index in [1.54, 1.807) is 32.1 Å². The Hall–Kier alpha value is -1.18. The van der Waals surface area contributed by atoms with Gasteiger partial charge < -0.3 is 29.9 Å². The molecule has 144 valence electrons. The summed E-state index contributed by atoms with van der Waals surface area (Å²) in [6, 6.07) is 0. The summed E-state index contributed by atoms with van der Waals surface area (Å²) in [5.74, 6) is 0.457. The number of aliphatic hydroxyl groups is 4. The Bertz CT molecular complexity index is 351. The second-order valence-electron chi connectivity index (χ2n) is 4.18. The summed E-state index contributed by atoms with van der Waals surface area (Å²) in [4.78, 5) is 0. The van der Waals surface area contributed by atoms with Crippen molar-refractivity contribution in [2.75, 3.05) is 6.61 Å². The van der Waals surface area contributed by atoms with E-state index in [9.17, 15) is 15.3 Å². The topological polar surface area (TPSA) is 99.4 Å². The standard InChI is InChI=1S/C12H18O5.C2H6O.2C2H6/c1-4-8(6-5-7(2)3)16-12-10(14)9(13)11(15)17-12;1-2-3;2*1-2/h4-6,9-15H,2H2,1,3H3;3H,2H2,1H3;2*1-2H3/b6-5-,8-4+;;;. The third kappa shape index (κ3) is 12.3. The lowest BCUT2D eigenvalue weighted by atomic mass is 10.2. The fourth-order valence-corrected chi connectivity index (χ4v) is 1.29. The molecule has 1 rings (SSSR count). The van der Waals surface area contributed by atoms with Gasteiger partial charge in [0.15, 0.2) is 6.29 Å². The van der Waals surface area contributed by atoms with Gasteiger partial charge >= 0.3 is 0 Å².